The van der Waals surface area contributed by atoms with E-state index in [2.05, 4.69) is 17.1 Å². The molecule has 4 atom stereocenters. The van der Waals surface area contributed by atoms with Crippen LogP contribution in [0.5, 0.6) is 0 Å². The van der Waals surface area contributed by atoms with E-state index in [4.69, 9.17) is 0 Å². The molecule has 0 bridgehead atoms. The molecule has 0 aromatic carbocycles. The van der Waals surface area contributed by atoms with Crippen molar-refractivity contribution in [2.24, 2.45) is 23.7 Å². The van der Waals surface area contributed by atoms with Crippen molar-refractivity contribution in [2.75, 3.05) is 20.1 Å². The fourth-order valence-corrected chi connectivity index (χ4v) is 4.34. The van der Waals surface area contributed by atoms with Crippen LogP contribution in [0.15, 0.2) is 0 Å². The third-order valence-corrected chi connectivity index (χ3v) is 5.53. The number of hydrogen-bond donors (Lipinski definition) is 1. The minimum absolute atomic E-state index is 0.408. The van der Waals surface area contributed by atoms with Crippen LogP contribution in [0, 0.1) is 23.7 Å². The van der Waals surface area contributed by atoms with Crippen LogP contribution in [0.1, 0.15) is 39.0 Å². The van der Waals surface area contributed by atoms with Gasteiger partial charge in [-0.2, -0.15) is 0 Å². The van der Waals surface area contributed by atoms with Gasteiger partial charge in [-0.25, -0.2) is 0 Å². The summed E-state index contributed by atoms with van der Waals surface area (Å²) in [5.74, 6) is 2.99. The Morgan fingerprint density at radius 2 is 1.83 bits per heavy atom. The molecule has 3 fully saturated rings. The molecule has 102 valence electrons. The Labute approximate surface area is 110 Å². The first-order valence-electron chi connectivity index (χ1n) is 7.68. The maximum Gasteiger partial charge on any atom is 0.226 e. The summed E-state index contributed by atoms with van der Waals surface area (Å²) < 4.78 is 0. The fourth-order valence-electron chi connectivity index (χ4n) is 4.34. The highest BCUT2D eigenvalue weighted by Crippen LogP contribution is 2.56. The van der Waals surface area contributed by atoms with Crippen molar-refractivity contribution >= 4 is 5.91 Å². The number of likely N-dealkylation sites (tertiary alicyclic amines) is 1. The molecular weight excluding hydrogens is 224 g/mol. The summed E-state index contributed by atoms with van der Waals surface area (Å²) in [7, 11) is 2.04. The van der Waals surface area contributed by atoms with E-state index < -0.39 is 0 Å². The maximum atomic E-state index is 12.6. The highest BCUT2D eigenvalue weighted by atomic mass is 16.2. The molecular formula is C15H26N2O. The number of amides is 1. The molecule has 1 N–H and O–H groups in total. The summed E-state index contributed by atoms with van der Waals surface area (Å²) in [6.45, 7) is 4.19. The molecule has 1 aliphatic heterocycles. The van der Waals surface area contributed by atoms with Crippen molar-refractivity contribution in [1.29, 1.82) is 0 Å². The number of fused-ring (bicyclic) bond motifs is 1. The summed E-state index contributed by atoms with van der Waals surface area (Å²) in [6, 6.07) is 0.593. The van der Waals surface area contributed by atoms with Gasteiger partial charge in [-0.15, -0.1) is 0 Å². The molecule has 1 amide bonds. The van der Waals surface area contributed by atoms with Crippen molar-refractivity contribution in [3.8, 4) is 0 Å². The number of hydrogen-bond acceptors (Lipinski definition) is 2. The third kappa shape index (κ3) is 2.07. The normalized spacial score (nSPS) is 43.4. The number of carbonyl (C=O) groups is 1. The molecule has 2 saturated carbocycles. The molecule has 0 aromatic rings. The molecule has 3 aliphatic rings. The second kappa shape index (κ2) is 4.84. The van der Waals surface area contributed by atoms with Crippen molar-refractivity contribution in [1.82, 2.24) is 10.2 Å². The topological polar surface area (TPSA) is 32.3 Å². The Kier molecular flexibility index (Phi) is 3.35. The van der Waals surface area contributed by atoms with Gasteiger partial charge in [0.1, 0.15) is 0 Å². The van der Waals surface area contributed by atoms with Crippen LogP contribution in [-0.2, 0) is 4.79 Å². The Morgan fingerprint density at radius 1 is 1.17 bits per heavy atom. The van der Waals surface area contributed by atoms with E-state index in [-0.39, 0.29) is 0 Å². The predicted octanol–water partition coefficient (Wildman–Crippen LogP) is 1.88. The lowest BCUT2D eigenvalue weighted by atomic mass is 9.93. The molecule has 2 aliphatic carbocycles. The van der Waals surface area contributed by atoms with E-state index in [1.807, 2.05) is 7.05 Å². The Bertz CT molecular complexity index is 318. The van der Waals surface area contributed by atoms with Gasteiger partial charge >= 0.3 is 0 Å². The molecule has 4 unspecified atom stereocenters. The second-order valence-corrected chi connectivity index (χ2v) is 6.58. The van der Waals surface area contributed by atoms with Gasteiger partial charge in [-0.1, -0.05) is 19.8 Å². The minimum Gasteiger partial charge on any atom is -0.342 e. The summed E-state index contributed by atoms with van der Waals surface area (Å²) in [5, 5.41) is 3.37. The van der Waals surface area contributed by atoms with Crippen molar-refractivity contribution in [2.45, 2.75) is 45.1 Å². The highest BCUT2D eigenvalue weighted by molar-refractivity contribution is 5.82. The molecule has 1 heterocycles. The zero-order valence-corrected chi connectivity index (χ0v) is 11.7. The lowest BCUT2D eigenvalue weighted by Crippen LogP contribution is -2.49. The number of carbonyl (C=O) groups excluding carboxylic acids is 1. The zero-order chi connectivity index (χ0) is 12.7. The first kappa shape index (κ1) is 12.5. The van der Waals surface area contributed by atoms with Crippen LogP contribution in [-0.4, -0.2) is 37.0 Å². The average Bonchev–Trinajstić information content (AvgIpc) is 3.12. The second-order valence-electron chi connectivity index (χ2n) is 6.58. The van der Waals surface area contributed by atoms with Crippen LogP contribution >= 0.6 is 0 Å². The SMILES string of the molecule is CNC1CCN(C(=O)C2C3CCCCC32)CC1C. The van der Waals surface area contributed by atoms with Gasteiger partial charge in [0.2, 0.25) is 5.91 Å². The van der Waals surface area contributed by atoms with Gasteiger partial charge < -0.3 is 10.2 Å². The largest absolute Gasteiger partial charge is 0.342 e. The number of rotatable bonds is 2. The Balaban J connectivity index is 1.58. The lowest BCUT2D eigenvalue weighted by Gasteiger charge is -2.37. The van der Waals surface area contributed by atoms with Gasteiger partial charge in [0.25, 0.3) is 0 Å². The summed E-state index contributed by atoms with van der Waals surface area (Å²) in [6.07, 6.45) is 6.44. The number of piperidine rings is 1. The van der Waals surface area contributed by atoms with Crippen molar-refractivity contribution < 1.29 is 4.79 Å². The van der Waals surface area contributed by atoms with E-state index in [9.17, 15) is 4.79 Å². The van der Waals surface area contributed by atoms with E-state index in [1.165, 1.54) is 25.7 Å². The van der Waals surface area contributed by atoms with E-state index in [1.54, 1.807) is 0 Å². The first-order valence-corrected chi connectivity index (χ1v) is 7.68. The van der Waals surface area contributed by atoms with Crippen LogP contribution in [0.2, 0.25) is 0 Å². The molecule has 3 nitrogen and oxygen atoms in total. The van der Waals surface area contributed by atoms with Gasteiger partial charge in [-0.05, 0) is 44.1 Å². The minimum atomic E-state index is 0.408. The standard InChI is InChI=1S/C15H26N2O/c1-10-9-17(8-7-13(10)16-2)15(18)14-11-5-3-4-6-12(11)14/h10-14,16H,3-9H2,1-2H3. The molecule has 0 spiro atoms. The van der Waals surface area contributed by atoms with E-state index >= 15 is 0 Å². The van der Waals surface area contributed by atoms with E-state index in [0.717, 1.165) is 31.3 Å². The van der Waals surface area contributed by atoms with Gasteiger partial charge in [-0.3, -0.25) is 4.79 Å². The summed E-state index contributed by atoms with van der Waals surface area (Å²) in [4.78, 5) is 14.7. The third-order valence-electron chi connectivity index (χ3n) is 5.53. The van der Waals surface area contributed by atoms with Crippen molar-refractivity contribution in [3.05, 3.63) is 0 Å². The lowest BCUT2D eigenvalue weighted by molar-refractivity contribution is -0.135. The van der Waals surface area contributed by atoms with Crippen LogP contribution in [0.25, 0.3) is 0 Å². The molecule has 1 saturated heterocycles. The summed E-state index contributed by atoms with van der Waals surface area (Å²) in [5.41, 5.74) is 0. The summed E-state index contributed by atoms with van der Waals surface area (Å²) >= 11 is 0. The highest BCUT2D eigenvalue weighted by Gasteiger charge is 2.56. The maximum absolute atomic E-state index is 12.6. The monoisotopic (exact) mass is 250 g/mol. The van der Waals surface area contributed by atoms with Crippen molar-refractivity contribution in [3.63, 3.8) is 0 Å². The molecule has 3 rings (SSSR count). The first-order chi connectivity index (χ1) is 8.72. The number of nitrogens with zero attached hydrogens (tertiary/aromatic N) is 1. The Hall–Kier alpha value is -0.570. The molecule has 18 heavy (non-hydrogen) atoms. The van der Waals surface area contributed by atoms with Gasteiger partial charge in [0.05, 0.1) is 0 Å². The fraction of sp³-hybridized carbons (Fsp3) is 0.933. The van der Waals surface area contributed by atoms with Gasteiger partial charge in [0, 0.05) is 25.0 Å². The van der Waals surface area contributed by atoms with Crippen LogP contribution < -0.4 is 5.32 Å². The number of nitrogens with one attached hydrogen (secondary N) is 1. The van der Waals surface area contributed by atoms with Crippen LogP contribution in [0.4, 0.5) is 0 Å². The molecule has 0 aromatic heterocycles. The zero-order valence-electron chi connectivity index (χ0n) is 11.7. The quantitative estimate of drug-likeness (QED) is 0.811. The van der Waals surface area contributed by atoms with Gasteiger partial charge in [0.15, 0.2) is 0 Å². The van der Waals surface area contributed by atoms with Crippen LogP contribution in [0.3, 0.4) is 0 Å². The molecule has 0 radical (unpaired) electrons. The smallest absolute Gasteiger partial charge is 0.226 e. The average molecular weight is 250 g/mol. The van der Waals surface area contributed by atoms with E-state index in [0.29, 0.717) is 23.8 Å². The molecule has 3 heteroatoms. The predicted molar refractivity (Wildman–Crippen MR) is 72.1 cm³/mol. The Morgan fingerprint density at radius 3 is 2.39 bits per heavy atom.